The van der Waals surface area contributed by atoms with E-state index < -0.39 is 11.7 Å². The second-order valence-corrected chi connectivity index (χ2v) is 5.75. The molecule has 0 fully saturated rings. The maximum Gasteiger partial charge on any atom is 0.414 e. The zero-order chi connectivity index (χ0) is 16.0. The van der Waals surface area contributed by atoms with Crippen molar-refractivity contribution >= 4 is 11.8 Å². The number of aromatic nitrogens is 1. The van der Waals surface area contributed by atoms with Gasteiger partial charge in [-0.15, -0.1) is 0 Å². The van der Waals surface area contributed by atoms with Gasteiger partial charge >= 0.3 is 6.09 Å². The fourth-order valence-corrected chi connectivity index (χ4v) is 1.70. The van der Waals surface area contributed by atoms with E-state index in [9.17, 15) is 4.79 Å². The predicted octanol–water partition coefficient (Wildman–Crippen LogP) is 3.19. The molecule has 0 aromatic carbocycles. The molecule has 0 saturated heterocycles. The van der Waals surface area contributed by atoms with Gasteiger partial charge in [0.05, 0.1) is 18.0 Å². The van der Waals surface area contributed by atoms with Gasteiger partial charge in [-0.25, -0.2) is 4.79 Å². The Kier molecular flexibility index (Phi) is 5.90. The second kappa shape index (κ2) is 7.22. The molecular formula is C16H24N2O3. The van der Waals surface area contributed by atoms with Crippen LogP contribution in [0.4, 0.5) is 4.79 Å². The fraction of sp³-hybridized carbons (Fsp3) is 0.500. The highest BCUT2D eigenvalue weighted by molar-refractivity contribution is 5.81. The van der Waals surface area contributed by atoms with E-state index in [1.54, 1.807) is 25.4 Å². The molecule has 0 spiro atoms. The molecule has 1 amide bonds. The molecule has 116 valence electrons. The minimum Gasteiger partial charge on any atom is -0.443 e. The number of carbonyl (C=O) groups is 1. The number of aliphatic hydroxyl groups is 1. The van der Waals surface area contributed by atoms with Gasteiger partial charge in [-0.3, -0.25) is 9.88 Å². The number of rotatable bonds is 4. The van der Waals surface area contributed by atoms with Crippen LogP contribution < -0.4 is 0 Å². The minimum atomic E-state index is -0.545. The Balaban J connectivity index is 3.00. The Hall–Kier alpha value is -1.88. The average molecular weight is 292 g/mol. The fourth-order valence-electron chi connectivity index (χ4n) is 1.70. The van der Waals surface area contributed by atoms with Crippen LogP contribution in [-0.4, -0.2) is 33.7 Å². The number of ether oxygens (including phenoxy) is 1. The van der Waals surface area contributed by atoms with Crippen LogP contribution in [0.2, 0.25) is 0 Å². The van der Waals surface area contributed by atoms with Gasteiger partial charge < -0.3 is 9.84 Å². The van der Waals surface area contributed by atoms with Crippen LogP contribution in [0.1, 0.15) is 45.4 Å². The Labute approximate surface area is 126 Å². The Morgan fingerprint density at radius 2 is 2.10 bits per heavy atom. The summed E-state index contributed by atoms with van der Waals surface area (Å²) in [7, 11) is 1.66. The summed E-state index contributed by atoms with van der Waals surface area (Å²) in [5.41, 5.74) is 1.55. The predicted molar refractivity (Wildman–Crippen MR) is 82.4 cm³/mol. The van der Waals surface area contributed by atoms with Crippen LogP contribution in [0.25, 0.3) is 5.70 Å². The second-order valence-electron chi connectivity index (χ2n) is 5.75. The van der Waals surface area contributed by atoms with E-state index in [2.05, 4.69) is 4.98 Å². The highest BCUT2D eigenvalue weighted by atomic mass is 16.6. The van der Waals surface area contributed by atoms with Crippen LogP contribution in [0.15, 0.2) is 24.4 Å². The van der Waals surface area contributed by atoms with Gasteiger partial charge in [-0.2, -0.15) is 0 Å². The normalized spacial score (nSPS) is 12.2. The zero-order valence-electron chi connectivity index (χ0n) is 13.4. The van der Waals surface area contributed by atoms with Gasteiger partial charge in [0.15, 0.2) is 0 Å². The first-order valence-corrected chi connectivity index (χ1v) is 7.01. The maximum absolute atomic E-state index is 12.2. The van der Waals surface area contributed by atoms with Crippen molar-refractivity contribution in [2.75, 3.05) is 7.05 Å². The lowest BCUT2D eigenvalue weighted by Crippen LogP contribution is -2.33. The third-order valence-electron chi connectivity index (χ3n) is 2.70. The first-order valence-electron chi connectivity index (χ1n) is 7.01. The monoisotopic (exact) mass is 292 g/mol. The van der Waals surface area contributed by atoms with Crippen LogP contribution in [-0.2, 0) is 11.3 Å². The van der Waals surface area contributed by atoms with E-state index in [4.69, 9.17) is 9.84 Å². The van der Waals surface area contributed by atoms with Gasteiger partial charge in [0.2, 0.25) is 0 Å². The molecule has 0 aliphatic carbocycles. The topological polar surface area (TPSA) is 62.7 Å². The van der Waals surface area contributed by atoms with Gasteiger partial charge in [0.25, 0.3) is 0 Å². The molecule has 0 bridgehead atoms. The van der Waals surface area contributed by atoms with Crippen molar-refractivity contribution in [2.24, 2.45) is 0 Å². The third-order valence-corrected chi connectivity index (χ3v) is 2.70. The summed E-state index contributed by atoms with van der Waals surface area (Å²) in [5.74, 6) is 0. The molecule has 5 nitrogen and oxygen atoms in total. The zero-order valence-corrected chi connectivity index (χ0v) is 13.4. The first-order chi connectivity index (χ1) is 9.78. The molecule has 0 atom stereocenters. The lowest BCUT2D eigenvalue weighted by molar-refractivity contribution is 0.0387. The molecule has 0 aliphatic rings. The van der Waals surface area contributed by atoms with Crippen LogP contribution in [0, 0.1) is 0 Å². The summed E-state index contributed by atoms with van der Waals surface area (Å²) in [6.07, 6.45) is 3.87. The molecule has 0 saturated carbocycles. The number of allylic oxidation sites excluding steroid dienone is 1. The molecule has 21 heavy (non-hydrogen) atoms. The molecule has 5 heteroatoms. The van der Waals surface area contributed by atoms with Crippen molar-refractivity contribution in [3.05, 3.63) is 35.7 Å². The quantitative estimate of drug-likeness (QED) is 0.925. The summed E-state index contributed by atoms with van der Waals surface area (Å²) < 4.78 is 5.37. The van der Waals surface area contributed by atoms with Crippen molar-refractivity contribution in [2.45, 2.75) is 46.3 Å². The molecule has 1 aromatic rings. The highest BCUT2D eigenvalue weighted by Gasteiger charge is 2.22. The molecule has 1 rings (SSSR count). The van der Waals surface area contributed by atoms with Gasteiger partial charge in [-0.1, -0.05) is 19.1 Å². The van der Waals surface area contributed by atoms with Crippen LogP contribution in [0.3, 0.4) is 0 Å². The van der Waals surface area contributed by atoms with Crippen molar-refractivity contribution in [3.63, 3.8) is 0 Å². The number of nitrogens with zero attached hydrogens (tertiary/aromatic N) is 2. The van der Waals surface area contributed by atoms with E-state index in [-0.39, 0.29) is 6.61 Å². The van der Waals surface area contributed by atoms with Gasteiger partial charge in [0, 0.05) is 13.2 Å². The molecule has 0 radical (unpaired) electrons. The smallest absolute Gasteiger partial charge is 0.414 e. The molecule has 0 aliphatic heterocycles. The SMILES string of the molecule is CC/C=C(/c1ccc(CO)cn1)N(C)C(=O)OC(C)(C)C. The largest absolute Gasteiger partial charge is 0.443 e. The molecule has 1 heterocycles. The van der Waals surface area contributed by atoms with Crippen LogP contribution in [0.5, 0.6) is 0 Å². The first kappa shape index (κ1) is 17.2. The number of pyridine rings is 1. The Morgan fingerprint density at radius 3 is 2.52 bits per heavy atom. The lowest BCUT2D eigenvalue weighted by atomic mass is 10.2. The number of carbonyl (C=O) groups excluding carboxylic acids is 1. The molecular weight excluding hydrogens is 268 g/mol. The standard InChI is InChI=1S/C16H24N2O3/c1-6-7-14(13-9-8-12(11-19)10-17-13)18(5)15(20)21-16(2,3)4/h7-10,19H,6,11H2,1-5H3/b14-7-. The minimum absolute atomic E-state index is 0.0536. The summed E-state index contributed by atoms with van der Waals surface area (Å²) >= 11 is 0. The maximum atomic E-state index is 12.2. The van der Waals surface area contributed by atoms with E-state index >= 15 is 0 Å². The van der Waals surface area contributed by atoms with E-state index in [0.29, 0.717) is 11.4 Å². The highest BCUT2D eigenvalue weighted by Crippen LogP contribution is 2.20. The van der Waals surface area contributed by atoms with Gasteiger partial charge in [-0.05, 0) is 38.8 Å². The molecule has 0 unspecified atom stereocenters. The molecule has 1 aromatic heterocycles. The third kappa shape index (κ3) is 5.19. The van der Waals surface area contributed by atoms with E-state index in [1.165, 1.54) is 4.90 Å². The Bertz CT molecular complexity index is 501. The molecule has 1 N–H and O–H groups in total. The van der Waals surface area contributed by atoms with E-state index in [1.807, 2.05) is 33.8 Å². The number of hydrogen-bond acceptors (Lipinski definition) is 4. The summed E-state index contributed by atoms with van der Waals surface area (Å²) in [5, 5.41) is 9.06. The van der Waals surface area contributed by atoms with Crippen molar-refractivity contribution in [3.8, 4) is 0 Å². The van der Waals surface area contributed by atoms with E-state index in [0.717, 1.165) is 12.0 Å². The average Bonchev–Trinajstić information content (AvgIpc) is 2.42. The van der Waals surface area contributed by atoms with Crippen molar-refractivity contribution in [1.29, 1.82) is 0 Å². The number of hydrogen-bond donors (Lipinski definition) is 1. The van der Waals surface area contributed by atoms with Crippen molar-refractivity contribution < 1.29 is 14.6 Å². The lowest BCUT2D eigenvalue weighted by Gasteiger charge is -2.26. The summed E-state index contributed by atoms with van der Waals surface area (Å²) in [4.78, 5) is 17.9. The summed E-state index contributed by atoms with van der Waals surface area (Å²) in [6.45, 7) is 7.43. The summed E-state index contributed by atoms with van der Waals surface area (Å²) in [6, 6.07) is 3.57. The van der Waals surface area contributed by atoms with Crippen LogP contribution >= 0.6 is 0 Å². The number of amides is 1. The number of aliphatic hydroxyl groups excluding tert-OH is 1. The van der Waals surface area contributed by atoms with Gasteiger partial charge in [0.1, 0.15) is 5.60 Å². The Morgan fingerprint density at radius 1 is 1.43 bits per heavy atom. The van der Waals surface area contributed by atoms with Crippen molar-refractivity contribution in [1.82, 2.24) is 9.88 Å².